The maximum Gasteiger partial charge on any atom is 0.240 e. The molecule has 0 aliphatic carbocycles. The third kappa shape index (κ3) is 3.29. The zero-order valence-electron chi connectivity index (χ0n) is 9.68. The molecule has 2 rings (SSSR count). The van der Waals surface area contributed by atoms with Crippen molar-refractivity contribution in [2.24, 2.45) is 0 Å². The summed E-state index contributed by atoms with van der Waals surface area (Å²) in [6.45, 7) is 0. The smallest absolute Gasteiger partial charge is 0.240 e. The summed E-state index contributed by atoms with van der Waals surface area (Å²) in [7, 11) is 1.67. The van der Waals surface area contributed by atoms with Gasteiger partial charge in [0.15, 0.2) is 0 Å². The Morgan fingerprint density at radius 3 is 2.68 bits per heavy atom. The van der Waals surface area contributed by atoms with E-state index in [4.69, 9.17) is 27.9 Å². The van der Waals surface area contributed by atoms with Gasteiger partial charge in [-0.3, -0.25) is 0 Å². The van der Waals surface area contributed by atoms with E-state index in [1.54, 1.807) is 7.05 Å². The Morgan fingerprint density at radius 1 is 1.26 bits per heavy atom. The van der Waals surface area contributed by atoms with Gasteiger partial charge in [0.1, 0.15) is 22.4 Å². The van der Waals surface area contributed by atoms with Gasteiger partial charge in [-0.05, 0) is 34.1 Å². The number of nitrogens with zero attached hydrogens (tertiary/aromatic N) is 1. The van der Waals surface area contributed by atoms with E-state index in [0.29, 0.717) is 15.3 Å². The molecule has 1 heterocycles. The lowest BCUT2D eigenvalue weighted by Gasteiger charge is -2.11. The van der Waals surface area contributed by atoms with Gasteiger partial charge in [-0.25, -0.2) is 4.39 Å². The Morgan fingerprint density at radius 2 is 2.00 bits per heavy atom. The number of halogens is 4. The zero-order valence-corrected chi connectivity index (χ0v) is 12.8. The summed E-state index contributed by atoms with van der Waals surface area (Å²) >= 11 is 15.2. The van der Waals surface area contributed by atoms with Crippen LogP contribution in [0.2, 0.25) is 10.0 Å². The summed E-state index contributed by atoms with van der Waals surface area (Å²) in [5.41, 5.74) is 0. The van der Waals surface area contributed by atoms with Crippen molar-refractivity contribution >= 4 is 44.9 Å². The number of nitrogens with one attached hydrogen (secondary N) is 1. The minimum Gasteiger partial charge on any atom is -0.436 e. The first-order valence-corrected chi connectivity index (χ1v) is 6.73. The molecule has 7 heteroatoms. The van der Waals surface area contributed by atoms with Crippen molar-refractivity contribution in [1.29, 1.82) is 0 Å². The van der Waals surface area contributed by atoms with E-state index in [9.17, 15) is 4.39 Å². The van der Waals surface area contributed by atoms with Crippen LogP contribution in [0.4, 0.5) is 10.2 Å². The lowest BCUT2D eigenvalue weighted by atomic mass is 10.3. The lowest BCUT2D eigenvalue weighted by Crippen LogP contribution is -1.97. The van der Waals surface area contributed by atoms with Crippen LogP contribution in [0.1, 0.15) is 0 Å². The minimum atomic E-state index is -0.419. The molecule has 0 saturated heterocycles. The van der Waals surface area contributed by atoms with Crippen LogP contribution in [0.5, 0.6) is 11.6 Å². The number of rotatable bonds is 3. The summed E-state index contributed by atoms with van der Waals surface area (Å²) in [6, 6.07) is 5.58. The number of hydrogen-bond donors (Lipinski definition) is 1. The van der Waals surface area contributed by atoms with Crippen molar-refractivity contribution in [3.8, 4) is 11.6 Å². The Balaban J connectivity index is 2.40. The highest BCUT2D eigenvalue weighted by Crippen LogP contribution is 2.36. The molecule has 0 radical (unpaired) electrons. The van der Waals surface area contributed by atoms with Crippen molar-refractivity contribution in [3.05, 3.63) is 44.6 Å². The second-order valence-electron chi connectivity index (χ2n) is 3.53. The fourth-order valence-electron chi connectivity index (χ4n) is 1.36. The van der Waals surface area contributed by atoms with E-state index in [-0.39, 0.29) is 16.7 Å². The van der Waals surface area contributed by atoms with Crippen LogP contribution in [0, 0.1) is 5.82 Å². The predicted octanol–water partition coefficient (Wildman–Crippen LogP) is 5.12. The average molecular weight is 366 g/mol. The van der Waals surface area contributed by atoms with E-state index >= 15 is 0 Å². The topological polar surface area (TPSA) is 34.2 Å². The molecule has 2 aromatic rings. The Kier molecular flexibility index (Phi) is 4.50. The zero-order chi connectivity index (χ0) is 14.0. The molecule has 0 spiro atoms. The summed E-state index contributed by atoms with van der Waals surface area (Å²) in [4.78, 5) is 4.12. The molecule has 100 valence electrons. The first kappa shape index (κ1) is 14.4. The second kappa shape index (κ2) is 5.94. The summed E-state index contributed by atoms with van der Waals surface area (Å²) in [5, 5.41) is 3.42. The largest absolute Gasteiger partial charge is 0.436 e. The average Bonchev–Trinajstić information content (AvgIpc) is 2.37. The first-order valence-electron chi connectivity index (χ1n) is 5.18. The predicted molar refractivity (Wildman–Crippen MR) is 78.0 cm³/mol. The maximum absolute atomic E-state index is 13.2. The maximum atomic E-state index is 13.2. The molecule has 1 N–H and O–H groups in total. The lowest BCUT2D eigenvalue weighted by molar-refractivity contribution is 0.456. The van der Waals surface area contributed by atoms with Gasteiger partial charge in [0, 0.05) is 13.1 Å². The molecule has 3 nitrogen and oxygen atoms in total. The molecule has 0 amide bonds. The van der Waals surface area contributed by atoms with Gasteiger partial charge in [-0.2, -0.15) is 4.98 Å². The summed E-state index contributed by atoms with van der Waals surface area (Å²) in [6.07, 6.45) is 0. The highest BCUT2D eigenvalue weighted by molar-refractivity contribution is 9.10. The van der Waals surface area contributed by atoms with Crippen LogP contribution < -0.4 is 10.1 Å². The second-order valence-corrected chi connectivity index (χ2v) is 5.20. The summed E-state index contributed by atoms with van der Waals surface area (Å²) in [5.74, 6) is 0.422. The van der Waals surface area contributed by atoms with Gasteiger partial charge < -0.3 is 10.1 Å². The molecule has 19 heavy (non-hydrogen) atoms. The van der Waals surface area contributed by atoms with Crippen molar-refractivity contribution < 1.29 is 9.13 Å². The van der Waals surface area contributed by atoms with E-state index in [2.05, 4.69) is 26.2 Å². The highest BCUT2D eigenvalue weighted by atomic mass is 79.9. The van der Waals surface area contributed by atoms with Crippen molar-refractivity contribution in [2.45, 2.75) is 0 Å². The van der Waals surface area contributed by atoms with Gasteiger partial charge in [0.05, 0.1) is 9.50 Å². The van der Waals surface area contributed by atoms with Gasteiger partial charge >= 0.3 is 0 Å². The first-order chi connectivity index (χ1) is 9.01. The Hall–Kier alpha value is -1.04. The van der Waals surface area contributed by atoms with E-state index < -0.39 is 5.82 Å². The molecule has 0 atom stereocenters. The van der Waals surface area contributed by atoms with Crippen LogP contribution in [-0.4, -0.2) is 12.0 Å². The van der Waals surface area contributed by atoms with E-state index in [0.717, 1.165) is 0 Å². The van der Waals surface area contributed by atoms with E-state index in [1.807, 2.05) is 0 Å². The fourth-order valence-corrected chi connectivity index (χ4v) is 2.18. The number of ether oxygens (including phenoxy) is 1. The van der Waals surface area contributed by atoms with Gasteiger partial charge in [0.25, 0.3) is 0 Å². The fraction of sp³-hybridized carbons (Fsp3) is 0.0833. The van der Waals surface area contributed by atoms with Gasteiger partial charge in [0.2, 0.25) is 5.88 Å². The molecule has 0 unspecified atom stereocenters. The van der Waals surface area contributed by atoms with Gasteiger partial charge in [-0.1, -0.05) is 23.2 Å². The third-order valence-electron chi connectivity index (χ3n) is 2.23. The third-order valence-corrected chi connectivity index (χ3v) is 3.45. The number of hydrogen-bond acceptors (Lipinski definition) is 3. The molecule has 0 aliphatic rings. The molecular formula is C12H8BrCl2FN2O. The molecule has 1 aromatic carbocycles. The number of anilines is 1. The Bertz CT molecular complexity index is 625. The van der Waals surface area contributed by atoms with Crippen LogP contribution >= 0.6 is 39.1 Å². The molecule has 0 aliphatic heterocycles. The van der Waals surface area contributed by atoms with Crippen LogP contribution in [-0.2, 0) is 0 Å². The Labute approximate surface area is 127 Å². The van der Waals surface area contributed by atoms with Crippen molar-refractivity contribution in [1.82, 2.24) is 4.98 Å². The van der Waals surface area contributed by atoms with E-state index in [1.165, 1.54) is 24.3 Å². The van der Waals surface area contributed by atoms with Crippen LogP contribution in [0.15, 0.2) is 28.7 Å². The monoisotopic (exact) mass is 364 g/mol. The highest BCUT2D eigenvalue weighted by Gasteiger charge is 2.12. The SMILES string of the molecule is CNc1nc(Oc2cc(F)ccc2Br)c(Cl)cc1Cl. The molecule has 0 bridgehead atoms. The quantitative estimate of drug-likeness (QED) is 0.819. The van der Waals surface area contributed by atoms with Crippen LogP contribution in [0.25, 0.3) is 0 Å². The molecule has 0 saturated carbocycles. The molecule has 0 fully saturated rings. The minimum absolute atomic E-state index is 0.140. The standard InChI is InChI=1S/C12H8BrCl2FN2O/c1-17-11-8(14)5-9(15)12(18-11)19-10-4-6(16)2-3-7(10)13/h2-5H,1H3,(H,17,18). The molecule has 1 aromatic heterocycles. The molecular weight excluding hydrogens is 358 g/mol. The number of pyridine rings is 1. The van der Waals surface area contributed by atoms with Crippen molar-refractivity contribution in [2.75, 3.05) is 12.4 Å². The summed E-state index contributed by atoms with van der Waals surface area (Å²) < 4.78 is 19.3. The number of benzene rings is 1. The number of aromatic nitrogens is 1. The van der Waals surface area contributed by atoms with Crippen LogP contribution in [0.3, 0.4) is 0 Å². The normalized spacial score (nSPS) is 10.4. The van der Waals surface area contributed by atoms with Gasteiger partial charge in [-0.15, -0.1) is 0 Å². The van der Waals surface area contributed by atoms with Crippen molar-refractivity contribution in [3.63, 3.8) is 0 Å².